The van der Waals surface area contributed by atoms with Gasteiger partial charge in [0.05, 0.1) is 11.5 Å². The molecule has 0 saturated carbocycles. The lowest BCUT2D eigenvalue weighted by Gasteiger charge is -2.37. The molecule has 0 unspecified atom stereocenters. The van der Waals surface area contributed by atoms with Crippen LogP contribution in [0.25, 0.3) is 0 Å². The Hall–Kier alpha value is -2.13. The molecule has 2 aromatic rings. The van der Waals surface area contributed by atoms with Gasteiger partial charge in [-0.15, -0.1) is 0 Å². The highest BCUT2D eigenvalue weighted by molar-refractivity contribution is 5.88. The summed E-state index contributed by atoms with van der Waals surface area (Å²) in [4.78, 5) is 13.3. The standard InChI is InChI=1S/C21H25NO2/c1-2-19(17-9-5-3-6-10-17)22-20(23)21(13-15-24-16-14-21)18-11-7-4-8-12-18/h3-12,19H,2,13-16H2,1H3,(H,22,23)/t19-/m1/s1. The molecule has 126 valence electrons. The third-order valence-electron chi connectivity index (χ3n) is 5.02. The fourth-order valence-electron chi connectivity index (χ4n) is 3.53. The first-order chi connectivity index (χ1) is 11.8. The second-order valence-corrected chi connectivity index (χ2v) is 6.41. The second kappa shape index (κ2) is 7.63. The predicted octanol–water partition coefficient (Wildman–Crippen LogP) is 4.00. The van der Waals surface area contributed by atoms with E-state index < -0.39 is 5.41 Å². The van der Waals surface area contributed by atoms with E-state index in [0.29, 0.717) is 13.2 Å². The minimum atomic E-state index is -0.484. The minimum absolute atomic E-state index is 0.0436. The minimum Gasteiger partial charge on any atom is -0.381 e. The van der Waals surface area contributed by atoms with Crippen LogP contribution in [0, 0.1) is 0 Å². The topological polar surface area (TPSA) is 38.3 Å². The van der Waals surface area contributed by atoms with Crippen molar-refractivity contribution in [2.45, 2.75) is 37.6 Å². The van der Waals surface area contributed by atoms with Crippen molar-refractivity contribution in [1.82, 2.24) is 5.32 Å². The number of ether oxygens (including phenoxy) is 1. The molecule has 0 radical (unpaired) electrons. The first-order valence-electron chi connectivity index (χ1n) is 8.75. The summed E-state index contributed by atoms with van der Waals surface area (Å²) in [6.07, 6.45) is 2.33. The molecule has 3 heteroatoms. The van der Waals surface area contributed by atoms with E-state index in [-0.39, 0.29) is 11.9 Å². The molecule has 2 aromatic carbocycles. The third-order valence-corrected chi connectivity index (χ3v) is 5.02. The summed E-state index contributed by atoms with van der Waals surface area (Å²) >= 11 is 0. The van der Waals surface area contributed by atoms with Gasteiger partial charge >= 0.3 is 0 Å². The zero-order valence-corrected chi connectivity index (χ0v) is 14.2. The maximum Gasteiger partial charge on any atom is 0.231 e. The lowest BCUT2D eigenvalue weighted by Crippen LogP contribution is -2.48. The van der Waals surface area contributed by atoms with E-state index in [1.165, 1.54) is 0 Å². The van der Waals surface area contributed by atoms with Crippen LogP contribution in [0.1, 0.15) is 43.4 Å². The molecule has 1 fully saturated rings. The molecule has 24 heavy (non-hydrogen) atoms. The van der Waals surface area contributed by atoms with Crippen LogP contribution in [0.3, 0.4) is 0 Å². The Balaban J connectivity index is 1.86. The lowest BCUT2D eigenvalue weighted by molar-refractivity contribution is -0.131. The van der Waals surface area contributed by atoms with E-state index in [0.717, 1.165) is 30.4 Å². The number of hydrogen-bond donors (Lipinski definition) is 1. The maximum atomic E-state index is 13.3. The molecule has 1 aliphatic heterocycles. The number of rotatable bonds is 5. The molecule has 1 N–H and O–H groups in total. The predicted molar refractivity (Wildman–Crippen MR) is 95.8 cm³/mol. The van der Waals surface area contributed by atoms with Crippen molar-refractivity contribution in [2.75, 3.05) is 13.2 Å². The molecule has 3 rings (SSSR count). The average Bonchev–Trinajstić information content (AvgIpc) is 2.67. The van der Waals surface area contributed by atoms with Gasteiger partial charge in [0.25, 0.3) is 0 Å². The maximum absolute atomic E-state index is 13.3. The van der Waals surface area contributed by atoms with Gasteiger partial charge in [0.2, 0.25) is 5.91 Å². The molecule has 0 aromatic heterocycles. The Morgan fingerprint density at radius 2 is 1.62 bits per heavy atom. The zero-order chi connectivity index (χ0) is 16.8. The van der Waals surface area contributed by atoms with Crippen molar-refractivity contribution < 1.29 is 9.53 Å². The van der Waals surface area contributed by atoms with Crippen LogP contribution in [-0.4, -0.2) is 19.1 Å². The van der Waals surface area contributed by atoms with Crippen molar-refractivity contribution >= 4 is 5.91 Å². The molecular weight excluding hydrogens is 298 g/mol. The molecular formula is C21H25NO2. The van der Waals surface area contributed by atoms with Gasteiger partial charge in [0, 0.05) is 13.2 Å². The molecule has 1 saturated heterocycles. The summed E-state index contributed by atoms with van der Waals surface area (Å²) in [7, 11) is 0. The Morgan fingerprint density at radius 1 is 1.04 bits per heavy atom. The van der Waals surface area contributed by atoms with Crippen LogP contribution in [0.15, 0.2) is 60.7 Å². The van der Waals surface area contributed by atoms with Gasteiger partial charge in [-0.2, -0.15) is 0 Å². The van der Waals surface area contributed by atoms with Gasteiger partial charge in [-0.3, -0.25) is 4.79 Å². The van der Waals surface area contributed by atoms with Gasteiger partial charge < -0.3 is 10.1 Å². The van der Waals surface area contributed by atoms with Gasteiger partial charge in [-0.1, -0.05) is 67.6 Å². The first-order valence-corrected chi connectivity index (χ1v) is 8.75. The van der Waals surface area contributed by atoms with E-state index >= 15 is 0 Å². The summed E-state index contributed by atoms with van der Waals surface area (Å²) < 4.78 is 5.53. The zero-order valence-electron chi connectivity index (χ0n) is 14.2. The van der Waals surface area contributed by atoms with Crippen LogP contribution in [0.4, 0.5) is 0 Å². The highest BCUT2D eigenvalue weighted by atomic mass is 16.5. The SMILES string of the molecule is CC[C@@H](NC(=O)C1(c2ccccc2)CCOCC1)c1ccccc1. The van der Waals surface area contributed by atoms with Gasteiger partial charge in [-0.25, -0.2) is 0 Å². The fraction of sp³-hybridized carbons (Fsp3) is 0.381. The third kappa shape index (κ3) is 3.36. The van der Waals surface area contributed by atoms with Crippen molar-refractivity contribution in [3.05, 3.63) is 71.8 Å². The summed E-state index contributed by atoms with van der Waals surface area (Å²) in [5.41, 5.74) is 1.76. The quantitative estimate of drug-likeness (QED) is 0.903. The van der Waals surface area contributed by atoms with Crippen molar-refractivity contribution in [3.8, 4) is 0 Å². The molecule has 1 amide bonds. The van der Waals surface area contributed by atoms with Gasteiger partial charge in [-0.05, 0) is 30.4 Å². The van der Waals surface area contributed by atoms with E-state index in [2.05, 4.69) is 36.5 Å². The highest BCUT2D eigenvalue weighted by Crippen LogP contribution is 2.36. The summed E-state index contributed by atoms with van der Waals surface area (Å²) in [6, 6.07) is 20.4. The Morgan fingerprint density at radius 3 is 2.21 bits per heavy atom. The lowest BCUT2D eigenvalue weighted by atomic mass is 9.73. The fourth-order valence-corrected chi connectivity index (χ4v) is 3.53. The largest absolute Gasteiger partial charge is 0.381 e. The van der Waals surface area contributed by atoms with E-state index in [1.807, 2.05) is 36.4 Å². The normalized spacial score (nSPS) is 17.9. The van der Waals surface area contributed by atoms with Gasteiger partial charge in [0.1, 0.15) is 0 Å². The summed E-state index contributed by atoms with van der Waals surface area (Å²) in [6.45, 7) is 3.37. The number of carbonyl (C=O) groups is 1. The Bertz CT molecular complexity index is 648. The molecule has 0 bridgehead atoms. The van der Waals surface area contributed by atoms with E-state index in [1.54, 1.807) is 0 Å². The number of amides is 1. The van der Waals surface area contributed by atoms with Crippen LogP contribution in [0.5, 0.6) is 0 Å². The van der Waals surface area contributed by atoms with Gasteiger partial charge in [0.15, 0.2) is 0 Å². The van der Waals surface area contributed by atoms with Crippen molar-refractivity contribution in [1.29, 1.82) is 0 Å². The summed E-state index contributed by atoms with van der Waals surface area (Å²) in [5.74, 6) is 0.118. The molecule has 1 atom stereocenters. The molecule has 0 spiro atoms. The van der Waals surface area contributed by atoms with E-state index in [9.17, 15) is 4.79 Å². The van der Waals surface area contributed by atoms with Crippen molar-refractivity contribution in [2.24, 2.45) is 0 Å². The van der Waals surface area contributed by atoms with Crippen LogP contribution in [-0.2, 0) is 14.9 Å². The van der Waals surface area contributed by atoms with Crippen LogP contribution in [0.2, 0.25) is 0 Å². The molecule has 1 aliphatic rings. The monoisotopic (exact) mass is 323 g/mol. The smallest absolute Gasteiger partial charge is 0.231 e. The average molecular weight is 323 g/mol. The highest BCUT2D eigenvalue weighted by Gasteiger charge is 2.42. The Kier molecular flexibility index (Phi) is 5.31. The number of benzene rings is 2. The van der Waals surface area contributed by atoms with Crippen LogP contribution < -0.4 is 5.32 Å². The molecule has 0 aliphatic carbocycles. The summed E-state index contributed by atoms with van der Waals surface area (Å²) in [5, 5.41) is 3.30. The number of nitrogens with one attached hydrogen (secondary N) is 1. The molecule has 1 heterocycles. The second-order valence-electron chi connectivity index (χ2n) is 6.41. The first kappa shape index (κ1) is 16.7. The van der Waals surface area contributed by atoms with Crippen LogP contribution >= 0.6 is 0 Å². The van der Waals surface area contributed by atoms with Crippen molar-refractivity contribution in [3.63, 3.8) is 0 Å². The number of carbonyl (C=O) groups excluding carboxylic acids is 1. The molecule has 3 nitrogen and oxygen atoms in total. The Labute approximate surface area is 144 Å². The van der Waals surface area contributed by atoms with E-state index in [4.69, 9.17) is 4.74 Å². The number of hydrogen-bond acceptors (Lipinski definition) is 2.